The molecule has 1 aromatic heterocycles. The summed E-state index contributed by atoms with van der Waals surface area (Å²) in [6.45, 7) is 7.35. The van der Waals surface area contributed by atoms with Gasteiger partial charge in [-0.25, -0.2) is 4.98 Å². The van der Waals surface area contributed by atoms with Crippen LogP contribution in [-0.4, -0.2) is 40.5 Å². The van der Waals surface area contributed by atoms with Crippen molar-refractivity contribution < 1.29 is 0 Å². The zero-order chi connectivity index (χ0) is 15.7. The summed E-state index contributed by atoms with van der Waals surface area (Å²) in [6.07, 6.45) is 1.78. The van der Waals surface area contributed by atoms with Crippen molar-refractivity contribution in [2.24, 2.45) is 11.1 Å². The van der Waals surface area contributed by atoms with Crippen LogP contribution in [0, 0.1) is 5.41 Å². The van der Waals surface area contributed by atoms with Gasteiger partial charge in [-0.15, -0.1) is 12.4 Å². The first-order chi connectivity index (χ1) is 10.5. The highest BCUT2D eigenvalue weighted by atomic mass is 35.5. The fraction of sp³-hybridized carbons (Fsp3) is 0.529. The van der Waals surface area contributed by atoms with Crippen LogP contribution in [0.25, 0.3) is 10.9 Å². The minimum Gasteiger partial charge on any atom is -0.327 e. The van der Waals surface area contributed by atoms with Crippen molar-refractivity contribution in [2.75, 3.05) is 19.6 Å². The molecule has 1 aliphatic rings. The number of benzene rings is 1. The van der Waals surface area contributed by atoms with E-state index in [-0.39, 0.29) is 29.4 Å². The van der Waals surface area contributed by atoms with Gasteiger partial charge in [0.2, 0.25) is 0 Å². The number of halogens is 1. The van der Waals surface area contributed by atoms with E-state index in [0.29, 0.717) is 5.39 Å². The van der Waals surface area contributed by atoms with Gasteiger partial charge in [0.05, 0.1) is 10.9 Å². The topological polar surface area (TPSA) is 75.0 Å². The van der Waals surface area contributed by atoms with Gasteiger partial charge in [-0.1, -0.05) is 26.0 Å². The molecule has 126 valence electrons. The van der Waals surface area contributed by atoms with Crippen LogP contribution in [0.2, 0.25) is 0 Å². The van der Waals surface area contributed by atoms with E-state index < -0.39 is 0 Å². The quantitative estimate of drug-likeness (QED) is 0.898. The van der Waals surface area contributed by atoms with Crippen molar-refractivity contribution in [1.82, 2.24) is 14.9 Å². The molecule has 0 radical (unpaired) electrons. The summed E-state index contributed by atoms with van der Waals surface area (Å²) in [5, 5.41) is 0.649. The predicted octanol–water partition coefficient (Wildman–Crippen LogP) is 1.95. The molecule has 6 heteroatoms. The maximum absolute atomic E-state index is 12.1. The van der Waals surface area contributed by atoms with Gasteiger partial charge in [0.1, 0.15) is 5.82 Å². The number of hydrogen-bond donors (Lipinski definition) is 2. The van der Waals surface area contributed by atoms with E-state index in [0.717, 1.165) is 43.8 Å². The van der Waals surface area contributed by atoms with Gasteiger partial charge in [0, 0.05) is 25.6 Å². The molecule has 23 heavy (non-hydrogen) atoms. The van der Waals surface area contributed by atoms with Gasteiger partial charge in [-0.2, -0.15) is 0 Å². The minimum atomic E-state index is -0.0541. The standard InChI is InChI=1S/C17H24N4O.ClH/c1-17(2)11-21(9-7-14(17)18)10-8-15-19-13-6-4-3-5-12(13)16(22)20-15;/h3-6,14H,7-11,18H2,1-2H3,(H,19,20,22);1H. The molecule has 0 bridgehead atoms. The number of rotatable bonds is 3. The Hall–Kier alpha value is -1.43. The Kier molecular flexibility index (Phi) is 5.45. The number of nitrogens with zero attached hydrogens (tertiary/aromatic N) is 2. The van der Waals surface area contributed by atoms with Gasteiger partial charge >= 0.3 is 0 Å². The van der Waals surface area contributed by atoms with Gasteiger partial charge in [0.25, 0.3) is 5.56 Å². The minimum absolute atomic E-state index is 0. The second-order valence-corrected chi connectivity index (χ2v) is 6.94. The van der Waals surface area contributed by atoms with E-state index >= 15 is 0 Å². The predicted molar refractivity (Wildman–Crippen MR) is 96.1 cm³/mol. The summed E-state index contributed by atoms with van der Waals surface area (Å²) in [4.78, 5) is 22.0. The van der Waals surface area contributed by atoms with Crippen LogP contribution in [0.4, 0.5) is 0 Å². The number of aromatic nitrogens is 2. The van der Waals surface area contributed by atoms with Crippen molar-refractivity contribution in [2.45, 2.75) is 32.7 Å². The maximum Gasteiger partial charge on any atom is 0.258 e. The molecule has 1 aromatic carbocycles. The molecule has 3 rings (SSSR count). The highest BCUT2D eigenvalue weighted by Crippen LogP contribution is 2.27. The molecular formula is C17H25ClN4O. The summed E-state index contributed by atoms with van der Waals surface area (Å²) in [7, 11) is 0. The number of aromatic amines is 1. The van der Waals surface area contributed by atoms with Crippen molar-refractivity contribution in [1.29, 1.82) is 0 Å². The first kappa shape index (κ1) is 17.9. The molecular weight excluding hydrogens is 312 g/mol. The smallest absolute Gasteiger partial charge is 0.258 e. The van der Waals surface area contributed by atoms with Crippen molar-refractivity contribution in [3.8, 4) is 0 Å². The molecule has 3 N–H and O–H groups in total. The van der Waals surface area contributed by atoms with Crippen LogP contribution < -0.4 is 11.3 Å². The van der Waals surface area contributed by atoms with E-state index in [1.165, 1.54) is 0 Å². The van der Waals surface area contributed by atoms with Gasteiger partial charge in [-0.3, -0.25) is 4.79 Å². The van der Waals surface area contributed by atoms with E-state index in [1.54, 1.807) is 6.07 Å². The lowest BCUT2D eigenvalue weighted by atomic mass is 9.80. The number of fused-ring (bicyclic) bond motifs is 1. The molecule has 0 aliphatic carbocycles. The van der Waals surface area contributed by atoms with Gasteiger partial charge < -0.3 is 15.6 Å². The zero-order valence-corrected chi connectivity index (χ0v) is 14.5. The van der Waals surface area contributed by atoms with Gasteiger partial charge in [0.15, 0.2) is 0 Å². The fourth-order valence-electron chi connectivity index (χ4n) is 3.19. The summed E-state index contributed by atoms with van der Waals surface area (Å²) in [5.41, 5.74) is 7.03. The Balaban J connectivity index is 0.00000192. The average Bonchev–Trinajstić information content (AvgIpc) is 2.48. The fourth-order valence-corrected chi connectivity index (χ4v) is 3.19. The summed E-state index contributed by atoms with van der Waals surface area (Å²) in [5.74, 6) is 0.761. The lowest BCUT2D eigenvalue weighted by molar-refractivity contribution is 0.0960. The Labute approximate surface area is 142 Å². The van der Waals surface area contributed by atoms with Crippen LogP contribution in [0.15, 0.2) is 29.1 Å². The number of piperidine rings is 1. The first-order valence-corrected chi connectivity index (χ1v) is 7.91. The highest BCUT2D eigenvalue weighted by Gasteiger charge is 2.33. The van der Waals surface area contributed by atoms with Gasteiger partial charge in [-0.05, 0) is 30.5 Å². The van der Waals surface area contributed by atoms with E-state index in [4.69, 9.17) is 5.73 Å². The molecule has 0 amide bonds. The van der Waals surface area contributed by atoms with E-state index in [2.05, 4.69) is 28.7 Å². The van der Waals surface area contributed by atoms with E-state index in [1.807, 2.05) is 18.2 Å². The van der Waals surface area contributed by atoms with E-state index in [9.17, 15) is 4.79 Å². The lowest BCUT2D eigenvalue weighted by Gasteiger charge is -2.42. The molecule has 1 saturated heterocycles. The third-order valence-corrected chi connectivity index (χ3v) is 4.72. The van der Waals surface area contributed by atoms with Crippen LogP contribution in [-0.2, 0) is 6.42 Å². The largest absolute Gasteiger partial charge is 0.327 e. The SMILES string of the molecule is CC1(C)CN(CCc2nc3ccccc3c(=O)[nH]2)CCC1N.Cl. The molecule has 0 spiro atoms. The molecule has 2 aromatic rings. The number of H-pyrrole nitrogens is 1. The Morgan fingerprint density at radius 2 is 2.13 bits per heavy atom. The molecule has 2 heterocycles. The number of para-hydroxylation sites is 1. The summed E-state index contributed by atoms with van der Waals surface area (Å²) in [6, 6.07) is 7.73. The van der Waals surface area contributed by atoms with Crippen LogP contribution >= 0.6 is 12.4 Å². The maximum atomic E-state index is 12.1. The van der Waals surface area contributed by atoms with Crippen molar-refractivity contribution in [3.63, 3.8) is 0 Å². The molecule has 1 atom stereocenters. The second kappa shape index (κ2) is 6.99. The summed E-state index contributed by atoms with van der Waals surface area (Å²) >= 11 is 0. The Morgan fingerprint density at radius 1 is 1.39 bits per heavy atom. The molecule has 1 fully saturated rings. The molecule has 0 saturated carbocycles. The third-order valence-electron chi connectivity index (χ3n) is 4.72. The zero-order valence-electron chi connectivity index (χ0n) is 13.7. The van der Waals surface area contributed by atoms with Crippen molar-refractivity contribution >= 4 is 23.3 Å². The lowest BCUT2D eigenvalue weighted by Crippen LogP contribution is -2.52. The highest BCUT2D eigenvalue weighted by molar-refractivity contribution is 5.85. The Morgan fingerprint density at radius 3 is 2.87 bits per heavy atom. The number of hydrogen-bond acceptors (Lipinski definition) is 4. The normalized spacial score (nSPS) is 21.1. The third kappa shape index (κ3) is 3.91. The van der Waals surface area contributed by atoms with Crippen LogP contribution in [0.5, 0.6) is 0 Å². The monoisotopic (exact) mass is 336 g/mol. The number of nitrogens with one attached hydrogen (secondary N) is 1. The first-order valence-electron chi connectivity index (χ1n) is 7.91. The molecule has 5 nitrogen and oxygen atoms in total. The second-order valence-electron chi connectivity index (χ2n) is 6.94. The Bertz CT molecular complexity index is 728. The number of likely N-dealkylation sites (tertiary alicyclic amines) is 1. The molecule has 1 aliphatic heterocycles. The number of nitrogens with two attached hydrogens (primary N) is 1. The van der Waals surface area contributed by atoms with Crippen molar-refractivity contribution in [3.05, 3.63) is 40.4 Å². The molecule has 1 unspecified atom stereocenters. The van der Waals surface area contributed by atoms with Crippen LogP contribution in [0.1, 0.15) is 26.1 Å². The summed E-state index contributed by atoms with van der Waals surface area (Å²) < 4.78 is 0. The van der Waals surface area contributed by atoms with Crippen LogP contribution in [0.3, 0.4) is 0 Å². The average molecular weight is 337 g/mol.